The third-order valence-electron chi connectivity index (χ3n) is 1.73. The summed E-state index contributed by atoms with van der Waals surface area (Å²) in [6.45, 7) is 4.39. The molecule has 0 amide bonds. The summed E-state index contributed by atoms with van der Waals surface area (Å²) < 4.78 is 0. The van der Waals surface area contributed by atoms with Crippen LogP contribution >= 0.6 is 0 Å². The molecule has 0 spiro atoms. The van der Waals surface area contributed by atoms with Gasteiger partial charge in [0, 0.05) is 0 Å². The Balaban J connectivity index is 0.000000423. The first-order valence-electron chi connectivity index (χ1n) is 5.58. The van der Waals surface area contributed by atoms with Gasteiger partial charge in [-0.3, -0.25) is 0 Å². The summed E-state index contributed by atoms with van der Waals surface area (Å²) in [5, 5.41) is 0. The second-order valence-electron chi connectivity index (χ2n) is 4.93. The molecule has 0 bridgehead atoms. The molecule has 0 radical (unpaired) electrons. The van der Waals surface area contributed by atoms with E-state index in [0.717, 1.165) is 5.82 Å². The van der Waals surface area contributed by atoms with Gasteiger partial charge in [0.2, 0.25) is 0 Å². The molecule has 15 heavy (non-hydrogen) atoms. The number of nitrogens with zero attached hydrogens (tertiary/aromatic N) is 1. The Morgan fingerprint density at radius 2 is 1.80 bits per heavy atom. The van der Waals surface area contributed by atoms with Gasteiger partial charge in [-0.25, -0.2) is 0 Å². The van der Waals surface area contributed by atoms with E-state index in [9.17, 15) is 0 Å². The summed E-state index contributed by atoms with van der Waals surface area (Å²) in [6, 6.07) is 8.74. The van der Waals surface area contributed by atoms with Crippen LogP contribution in [0.1, 0.15) is 18.1 Å². The molecule has 0 saturated heterocycles. The van der Waals surface area contributed by atoms with E-state index in [2.05, 4.69) is 46.0 Å². The molecule has 1 unspecified atom stereocenters. The predicted octanol–water partition coefficient (Wildman–Crippen LogP) is 2.16. The maximum absolute atomic E-state index is 2.26. The zero-order valence-electron chi connectivity index (χ0n) is 11.0. The van der Waals surface area contributed by atoms with E-state index in [1.807, 2.05) is 26.0 Å². The lowest BCUT2D eigenvalue weighted by Crippen LogP contribution is -1.99. The van der Waals surface area contributed by atoms with Gasteiger partial charge in [-0.05, 0) is 40.1 Å². The molecule has 0 N–H and O–H groups in total. The molecule has 0 aliphatic rings. The lowest BCUT2D eigenvalue weighted by atomic mass is 9.84. The maximum Gasteiger partial charge on any atom is 0.105 e. The van der Waals surface area contributed by atoms with E-state index < -0.39 is 0 Å². The summed E-state index contributed by atoms with van der Waals surface area (Å²) in [4.78, 5) is 2.00. The molecular weight excluding hydrogens is 181 g/mol. The predicted molar refractivity (Wildman–Crippen MR) is 72.5 cm³/mol. The smallest absolute Gasteiger partial charge is 0.105 e. The molecule has 1 atom stereocenters. The van der Waals surface area contributed by atoms with Crippen molar-refractivity contribution in [2.75, 3.05) is 21.1 Å². The summed E-state index contributed by atoms with van der Waals surface area (Å²) in [5.74, 6) is 0.761. The fraction of sp³-hybridized carbons (Fsp3) is 0.538. The van der Waals surface area contributed by atoms with Crippen LogP contribution in [-0.4, -0.2) is 33.9 Å². The van der Waals surface area contributed by atoms with Crippen LogP contribution in [0.5, 0.6) is 0 Å². The minimum absolute atomic E-state index is 0.761. The highest BCUT2D eigenvalue weighted by Gasteiger charge is 1.96. The maximum atomic E-state index is 2.26. The normalized spacial score (nSPS) is 11.9. The van der Waals surface area contributed by atoms with E-state index in [1.165, 1.54) is 17.5 Å². The van der Waals surface area contributed by atoms with Crippen molar-refractivity contribution in [2.45, 2.75) is 26.1 Å². The monoisotopic (exact) mass is 205 g/mol. The van der Waals surface area contributed by atoms with Crippen LogP contribution in [-0.2, 0) is 6.42 Å². The van der Waals surface area contributed by atoms with Crippen LogP contribution in [0.2, 0.25) is 5.82 Å². The molecule has 1 nitrogen and oxygen atoms in total. The number of rotatable bonds is 2. The molecule has 2 heteroatoms. The van der Waals surface area contributed by atoms with Crippen LogP contribution in [0.4, 0.5) is 0 Å². The third-order valence-corrected chi connectivity index (χ3v) is 1.73. The average molecular weight is 205 g/mol. The molecule has 0 aromatic heterocycles. The molecular formula is C13H24BN. The SMILES string of the molecule is BC(C)Cc1cccc(C)c1.CN(C)C. The Bertz CT molecular complexity index is 266. The van der Waals surface area contributed by atoms with E-state index in [4.69, 9.17) is 0 Å². The van der Waals surface area contributed by atoms with Crippen molar-refractivity contribution in [2.24, 2.45) is 0 Å². The second-order valence-corrected chi connectivity index (χ2v) is 4.93. The second kappa shape index (κ2) is 7.53. The Morgan fingerprint density at radius 1 is 1.27 bits per heavy atom. The number of hydrogen-bond donors (Lipinski definition) is 0. The van der Waals surface area contributed by atoms with Crippen LogP contribution in [0.25, 0.3) is 0 Å². The Kier molecular flexibility index (Phi) is 7.15. The lowest BCUT2D eigenvalue weighted by Gasteiger charge is -2.04. The fourth-order valence-electron chi connectivity index (χ4n) is 1.31. The minimum atomic E-state index is 0.761. The van der Waals surface area contributed by atoms with Crippen LogP contribution in [0.3, 0.4) is 0 Å². The highest BCUT2D eigenvalue weighted by molar-refractivity contribution is 6.11. The van der Waals surface area contributed by atoms with Crippen molar-refractivity contribution in [3.63, 3.8) is 0 Å². The molecule has 1 aromatic rings. The topological polar surface area (TPSA) is 3.24 Å². The largest absolute Gasteiger partial charge is 0.312 e. The molecule has 0 heterocycles. The molecule has 1 aromatic carbocycles. The van der Waals surface area contributed by atoms with Gasteiger partial charge in [0.1, 0.15) is 7.85 Å². The van der Waals surface area contributed by atoms with Gasteiger partial charge in [0.15, 0.2) is 0 Å². The van der Waals surface area contributed by atoms with Gasteiger partial charge in [0.05, 0.1) is 0 Å². The van der Waals surface area contributed by atoms with Crippen molar-refractivity contribution in [1.82, 2.24) is 4.90 Å². The Labute approximate surface area is 95.9 Å². The number of benzene rings is 1. The first-order valence-corrected chi connectivity index (χ1v) is 5.58. The van der Waals surface area contributed by atoms with Gasteiger partial charge >= 0.3 is 0 Å². The van der Waals surface area contributed by atoms with Crippen LogP contribution in [0.15, 0.2) is 24.3 Å². The molecule has 0 aliphatic carbocycles. The number of aryl methyl sites for hydroxylation is 1. The van der Waals surface area contributed by atoms with Gasteiger partial charge in [0.25, 0.3) is 0 Å². The van der Waals surface area contributed by atoms with Gasteiger partial charge < -0.3 is 4.90 Å². The summed E-state index contributed by atoms with van der Waals surface area (Å²) in [7, 11) is 8.25. The average Bonchev–Trinajstić information content (AvgIpc) is 2.00. The standard InChI is InChI=1S/C10H15B.C3H9N/c1-8-4-3-5-10(6-8)7-9(2)11;1-4(2)3/h3-6,9H,7,11H2,1-2H3;1-3H3. The first kappa shape index (κ1) is 14.2. The summed E-state index contributed by atoms with van der Waals surface area (Å²) >= 11 is 0. The summed E-state index contributed by atoms with van der Waals surface area (Å²) in [5.41, 5.74) is 2.82. The summed E-state index contributed by atoms with van der Waals surface area (Å²) in [6.07, 6.45) is 1.20. The minimum Gasteiger partial charge on any atom is -0.312 e. The van der Waals surface area contributed by atoms with Gasteiger partial charge in [-0.15, -0.1) is 0 Å². The first-order chi connectivity index (χ1) is 6.91. The van der Waals surface area contributed by atoms with Crippen LogP contribution < -0.4 is 0 Å². The van der Waals surface area contributed by atoms with Gasteiger partial charge in [-0.1, -0.05) is 42.6 Å². The molecule has 0 fully saturated rings. The Morgan fingerprint density at radius 3 is 2.20 bits per heavy atom. The highest BCUT2D eigenvalue weighted by atomic mass is 15.0. The third kappa shape index (κ3) is 9.55. The van der Waals surface area contributed by atoms with E-state index in [-0.39, 0.29) is 0 Å². The van der Waals surface area contributed by atoms with Gasteiger partial charge in [-0.2, -0.15) is 0 Å². The molecule has 0 aliphatic heterocycles. The zero-order chi connectivity index (χ0) is 11.8. The van der Waals surface area contributed by atoms with Crippen molar-refractivity contribution in [3.05, 3.63) is 35.4 Å². The highest BCUT2D eigenvalue weighted by Crippen LogP contribution is 2.10. The Hall–Kier alpha value is -0.755. The lowest BCUT2D eigenvalue weighted by molar-refractivity contribution is 0.505. The van der Waals surface area contributed by atoms with Crippen molar-refractivity contribution >= 4 is 7.85 Å². The molecule has 0 saturated carbocycles. The molecule has 84 valence electrons. The van der Waals surface area contributed by atoms with Crippen LogP contribution in [0, 0.1) is 6.92 Å². The number of hydrogen-bond acceptors (Lipinski definition) is 1. The van der Waals surface area contributed by atoms with E-state index in [1.54, 1.807) is 0 Å². The van der Waals surface area contributed by atoms with Crippen molar-refractivity contribution < 1.29 is 0 Å². The zero-order valence-corrected chi connectivity index (χ0v) is 11.0. The quantitative estimate of drug-likeness (QED) is 0.669. The van der Waals surface area contributed by atoms with Crippen molar-refractivity contribution in [3.8, 4) is 0 Å². The van der Waals surface area contributed by atoms with Crippen molar-refractivity contribution in [1.29, 1.82) is 0 Å². The van der Waals surface area contributed by atoms with E-state index in [0.29, 0.717) is 0 Å². The fourth-order valence-corrected chi connectivity index (χ4v) is 1.31. The molecule has 1 rings (SSSR count). The van der Waals surface area contributed by atoms with E-state index >= 15 is 0 Å².